The van der Waals surface area contributed by atoms with Gasteiger partial charge in [-0.3, -0.25) is 4.79 Å². The summed E-state index contributed by atoms with van der Waals surface area (Å²) >= 11 is 0. The fraction of sp³-hybridized carbons (Fsp3) is 0.214. The van der Waals surface area contributed by atoms with E-state index in [-0.39, 0.29) is 0 Å². The lowest BCUT2D eigenvalue weighted by molar-refractivity contribution is 0.100. The van der Waals surface area contributed by atoms with E-state index in [9.17, 15) is 4.79 Å². The third-order valence-electron chi connectivity index (χ3n) is 3.12. The number of benzene rings is 1. The number of nitrogens with two attached hydrogens (primary N) is 2. The molecule has 1 aromatic heterocycles. The summed E-state index contributed by atoms with van der Waals surface area (Å²) in [6.45, 7) is 2.60. The average molecular weight is 259 g/mol. The number of nitrogens with zero attached hydrogens (tertiary/aromatic N) is 1. The van der Waals surface area contributed by atoms with Crippen LogP contribution in [0.5, 0.6) is 0 Å². The van der Waals surface area contributed by atoms with Gasteiger partial charge >= 0.3 is 0 Å². The summed E-state index contributed by atoms with van der Waals surface area (Å²) in [7, 11) is 1.93. The van der Waals surface area contributed by atoms with Gasteiger partial charge < -0.3 is 20.8 Å². The summed E-state index contributed by atoms with van der Waals surface area (Å²) in [5.74, 6) is 0.365. The van der Waals surface area contributed by atoms with Gasteiger partial charge in [0, 0.05) is 30.5 Å². The van der Waals surface area contributed by atoms with Crippen LogP contribution in [0.3, 0.4) is 0 Å². The van der Waals surface area contributed by atoms with E-state index in [1.807, 2.05) is 31.0 Å². The number of aryl methyl sites for hydroxylation is 1. The van der Waals surface area contributed by atoms with Gasteiger partial charge in [-0.15, -0.1) is 0 Å². The van der Waals surface area contributed by atoms with E-state index < -0.39 is 5.91 Å². The van der Waals surface area contributed by atoms with E-state index in [1.165, 1.54) is 0 Å². The first-order valence-electron chi connectivity index (χ1n) is 5.92. The van der Waals surface area contributed by atoms with E-state index in [0.29, 0.717) is 17.8 Å². The number of nitrogen functional groups attached to an aromatic ring is 1. The molecule has 0 saturated heterocycles. The van der Waals surface area contributed by atoms with Crippen LogP contribution in [0.4, 0.5) is 11.4 Å². The predicted octanol–water partition coefficient (Wildman–Crippen LogP) is 1.91. The van der Waals surface area contributed by atoms with Gasteiger partial charge in [0.15, 0.2) is 0 Å². The highest BCUT2D eigenvalue weighted by Gasteiger charge is 2.11. The first-order valence-corrected chi connectivity index (χ1v) is 5.92. The third kappa shape index (κ3) is 2.70. The van der Waals surface area contributed by atoms with Crippen LogP contribution in [-0.4, -0.2) is 13.0 Å². The molecule has 5 nitrogen and oxygen atoms in total. The zero-order valence-electron chi connectivity index (χ0n) is 11.0. The number of primary amides is 1. The van der Waals surface area contributed by atoms with Crippen molar-refractivity contribution < 1.29 is 9.21 Å². The van der Waals surface area contributed by atoms with Crippen LogP contribution in [0, 0.1) is 6.92 Å². The number of amides is 1. The summed E-state index contributed by atoms with van der Waals surface area (Å²) in [5.41, 5.74) is 13.7. The molecule has 5 heteroatoms. The van der Waals surface area contributed by atoms with Crippen LogP contribution < -0.4 is 16.4 Å². The number of hydrogen-bond acceptors (Lipinski definition) is 4. The summed E-state index contributed by atoms with van der Waals surface area (Å²) in [5, 5.41) is 0. The Balaban J connectivity index is 2.24. The monoisotopic (exact) mass is 259 g/mol. The Morgan fingerprint density at radius 1 is 1.37 bits per heavy atom. The molecule has 0 fully saturated rings. The molecule has 2 rings (SSSR count). The zero-order valence-corrected chi connectivity index (χ0v) is 11.0. The van der Waals surface area contributed by atoms with Crippen molar-refractivity contribution in [1.29, 1.82) is 0 Å². The molecule has 2 aromatic rings. The van der Waals surface area contributed by atoms with Crippen molar-refractivity contribution in [3.8, 4) is 0 Å². The topological polar surface area (TPSA) is 85.5 Å². The van der Waals surface area contributed by atoms with Crippen molar-refractivity contribution in [2.75, 3.05) is 17.7 Å². The number of hydrogen-bond donors (Lipinski definition) is 2. The van der Waals surface area contributed by atoms with Gasteiger partial charge in [0.05, 0.1) is 11.8 Å². The second-order valence-corrected chi connectivity index (χ2v) is 4.49. The first-order chi connectivity index (χ1) is 8.99. The number of anilines is 2. The molecule has 0 aliphatic carbocycles. The molecule has 100 valence electrons. The molecule has 0 spiro atoms. The SMILES string of the molecule is Cc1occc1CN(C)c1ccc(N)c(C(N)=O)c1. The van der Waals surface area contributed by atoms with Crippen LogP contribution >= 0.6 is 0 Å². The normalized spacial score (nSPS) is 10.4. The van der Waals surface area contributed by atoms with Gasteiger partial charge in [-0.1, -0.05) is 0 Å². The second-order valence-electron chi connectivity index (χ2n) is 4.49. The minimum absolute atomic E-state index is 0.341. The van der Waals surface area contributed by atoms with Gasteiger partial charge in [-0.05, 0) is 31.2 Å². The molecule has 0 aliphatic heterocycles. The lowest BCUT2D eigenvalue weighted by Crippen LogP contribution is -2.19. The van der Waals surface area contributed by atoms with Crippen LogP contribution in [0.15, 0.2) is 34.9 Å². The molecule has 1 amide bonds. The van der Waals surface area contributed by atoms with Gasteiger partial charge in [-0.25, -0.2) is 0 Å². The Morgan fingerprint density at radius 3 is 2.68 bits per heavy atom. The van der Waals surface area contributed by atoms with Crippen molar-refractivity contribution in [3.05, 3.63) is 47.4 Å². The fourth-order valence-corrected chi connectivity index (χ4v) is 1.92. The lowest BCUT2D eigenvalue weighted by Gasteiger charge is -2.20. The van der Waals surface area contributed by atoms with Crippen LogP contribution in [0.25, 0.3) is 0 Å². The molecule has 0 saturated carbocycles. The standard InChI is InChI=1S/C14H17N3O2/c1-9-10(5-6-19-9)8-17(2)11-3-4-13(15)12(7-11)14(16)18/h3-7H,8,15H2,1-2H3,(H2,16,18). The third-order valence-corrected chi connectivity index (χ3v) is 3.12. The van der Waals surface area contributed by atoms with Crippen molar-refractivity contribution >= 4 is 17.3 Å². The van der Waals surface area contributed by atoms with Crippen molar-refractivity contribution in [1.82, 2.24) is 0 Å². The molecular weight excluding hydrogens is 242 g/mol. The first kappa shape index (κ1) is 13.0. The summed E-state index contributed by atoms with van der Waals surface area (Å²) in [6, 6.07) is 7.18. The highest BCUT2D eigenvalue weighted by Crippen LogP contribution is 2.22. The molecule has 1 aromatic carbocycles. The largest absolute Gasteiger partial charge is 0.469 e. The number of carbonyl (C=O) groups is 1. The Labute approximate surface area is 111 Å². The lowest BCUT2D eigenvalue weighted by atomic mass is 10.1. The van der Waals surface area contributed by atoms with Crippen molar-refractivity contribution in [2.45, 2.75) is 13.5 Å². The van der Waals surface area contributed by atoms with E-state index >= 15 is 0 Å². The maximum absolute atomic E-state index is 11.3. The summed E-state index contributed by atoms with van der Waals surface area (Å²) in [4.78, 5) is 13.3. The number of furan rings is 1. The highest BCUT2D eigenvalue weighted by molar-refractivity contribution is 5.99. The minimum atomic E-state index is -0.521. The van der Waals surface area contributed by atoms with E-state index in [2.05, 4.69) is 0 Å². The van der Waals surface area contributed by atoms with Crippen molar-refractivity contribution in [2.24, 2.45) is 5.73 Å². The van der Waals surface area contributed by atoms with Crippen LogP contribution in [0.2, 0.25) is 0 Å². The van der Waals surface area contributed by atoms with Gasteiger partial charge in [-0.2, -0.15) is 0 Å². The Hall–Kier alpha value is -2.43. The average Bonchev–Trinajstić information content (AvgIpc) is 2.75. The van der Waals surface area contributed by atoms with Crippen LogP contribution in [0.1, 0.15) is 21.7 Å². The zero-order chi connectivity index (χ0) is 14.0. The van der Waals surface area contributed by atoms with Gasteiger partial charge in [0.25, 0.3) is 5.91 Å². The molecule has 0 aliphatic rings. The second kappa shape index (κ2) is 5.06. The molecule has 4 N–H and O–H groups in total. The Bertz CT molecular complexity index is 604. The maximum atomic E-state index is 11.3. The minimum Gasteiger partial charge on any atom is -0.469 e. The smallest absolute Gasteiger partial charge is 0.250 e. The highest BCUT2D eigenvalue weighted by atomic mass is 16.3. The summed E-state index contributed by atoms with van der Waals surface area (Å²) < 4.78 is 5.26. The fourth-order valence-electron chi connectivity index (χ4n) is 1.92. The Morgan fingerprint density at radius 2 is 2.11 bits per heavy atom. The molecule has 0 radical (unpaired) electrons. The quantitative estimate of drug-likeness (QED) is 0.821. The van der Waals surface area contributed by atoms with E-state index in [4.69, 9.17) is 15.9 Å². The molecular formula is C14H17N3O2. The molecule has 1 heterocycles. The van der Waals surface area contributed by atoms with Gasteiger partial charge in [0.2, 0.25) is 0 Å². The van der Waals surface area contributed by atoms with Gasteiger partial charge in [0.1, 0.15) is 5.76 Å². The molecule has 0 unspecified atom stereocenters. The maximum Gasteiger partial charge on any atom is 0.250 e. The molecule has 0 atom stereocenters. The molecule has 19 heavy (non-hydrogen) atoms. The van der Waals surface area contributed by atoms with Crippen LogP contribution in [-0.2, 0) is 6.54 Å². The summed E-state index contributed by atoms with van der Waals surface area (Å²) in [6.07, 6.45) is 1.66. The predicted molar refractivity (Wildman–Crippen MR) is 74.9 cm³/mol. The van der Waals surface area contributed by atoms with E-state index in [1.54, 1.807) is 18.4 Å². The number of rotatable bonds is 4. The Kier molecular flexibility index (Phi) is 3.46. The number of carbonyl (C=O) groups excluding carboxylic acids is 1. The van der Waals surface area contributed by atoms with E-state index in [0.717, 1.165) is 17.0 Å². The van der Waals surface area contributed by atoms with Crippen molar-refractivity contribution in [3.63, 3.8) is 0 Å². The molecule has 0 bridgehead atoms.